The highest BCUT2D eigenvalue weighted by Gasteiger charge is 2.03. The van der Waals surface area contributed by atoms with Gasteiger partial charge < -0.3 is 10.3 Å². The molecule has 2 rings (SSSR count). The zero-order valence-corrected chi connectivity index (χ0v) is 6.38. The molecule has 6 heteroatoms. The summed E-state index contributed by atoms with van der Waals surface area (Å²) >= 11 is 0. The second-order valence-corrected chi connectivity index (χ2v) is 2.30. The highest BCUT2D eigenvalue weighted by molar-refractivity contribution is 5.74. The second kappa shape index (κ2) is 2.33. The van der Waals surface area contributed by atoms with Gasteiger partial charge in [-0.2, -0.15) is 5.10 Å². The van der Waals surface area contributed by atoms with Crippen molar-refractivity contribution >= 4 is 17.0 Å². The maximum Gasteiger partial charge on any atom is 0.292 e. The summed E-state index contributed by atoms with van der Waals surface area (Å²) in [7, 11) is 1.72. The van der Waals surface area contributed by atoms with E-state index in [9.17, 15) is 4.79 Å². The molecule has 0 aromatic carbocycles. The highest BCUT2D eigenvalue weighted by Crippen LogP contribution is 2.06. The lowest BCUT2D eigenvalue weighted by Crippen LogP contribution is -2.06. The van der Waals surface area contributed by atoms with Gasteiger partial charge in [0.2, 0.25) is 5.95 Å². The first-order valence-electron chi connectivity index (χ1n) is 3.42. The van der Waals surface area contributed by atoms with Crippen LogP contribution in [-0.4, -0.2) is 27.2 Å². The number of H-pyrrole nitrogens is 2. The summed E-state index contributed by atoms with van der Waals surface area (Å²) in [6.45, 7) is 0. The van der Waals surface area contributed by atoms with Gasteiger partial charge in [0.05, 0.1) is 11.7 Å². The average molecular weight is 165 g/mol. The molecule has 0 amide bonds. The van der Waals surface area contributed by atoms with Crippen molar-refractivity contribution in [3.05, 3.63) is 16.6 Å². The van der Waals surface area contributed by atoms with Gasteiger partial charge in [0.25, 0.3) is 5.56 Å². The van der Waals surface area contributed by atoms with Crippen LogP contribution >= 0.6 is 0 Å². The third-order valence-electron chi connectivity index (χ3n) is 1.54. The molecule has 0 bridgehead atoms. The Morgan fingerprint density at radius 3 is 3.08 bits per heavy atom. The van der Waals surface area contributed by atoms with E-state index >= 15 is 0 Å². The van der Waals surface area contributed by atoms with Crippen molar-refractivity contribution in [2.45, 2.75) is 0 Å². The summed E-state index contributed by atoms with van der Waals surface area (Å²) in [6.07, 6.45) is 1.52. The number of fused-ring (bicyclic) bond motifs is 1. The molecule has 0 aliphatic rings. The van der Waals surface area contributed by atoms with E-state index in [2.05, 4.69) is 25.5 Å². The molecule has 12 heavy (non-hydrogen) atoms. The van der Waals surface area contributed by atoms with Gasteiger partial charge in [-0.3, -0.25) is 4.79 Å². The van der Waals surface area contributed by atoms with Crippen molar-refractivity contribution in [1.82, 2.24) is 20.2 Å². The molecule has 0 aliphatic carbocycles. The fourth-order valence-electron chi connectivity index (χ4n) is 0.980. The lowest BCUT2D eigenvalue weighted by molar-refractivity contribution is 1.01. The summed E-state index contributed by atoms with van der Waals surface area (Å²) in [5.41, 5.74) is 0.711. The second-order valence-electron chi connectivity index (χ2n) is 2.30. The van der Waals surface area contributed by atoms with Gasteiger partial charge in [0.1, 0.15) is 0 Å². The van der Waals surface area contributed by atoms with Crippen molar-refractivity contribution in [2.75, 3.05) is 12.4 Å². The highest BCUT2D eigenvalue weighted by atomic mass is 16.1. The molecule has 3 N–H and O–H groups in total. The molecule has 2 heterocycles. The lowest BCUT2D eigenvalue weighted by Gasteiger charge is -1.86. The van der Waals surface area contributed by atoms with E-state index in [1.807, 2.05) is 0 Å². The van der Waals surface area contributed by atoms with Crippen LogP contribution in [-0.2, 0) is 0 Å². The number of hydrogen-bond donors (Lipinski definition) is 3. The standard InChI is InChI=1S/C6H7N5O/c1-7-6-9-3-2-8-11-5(12)4(3)10-6/h2H,1H3,(H,11,12)(H2,7,9,10). The van der Waals surface area contributed by atoms with Gasteiger partial charge in [0, 0.05) is 7.05 Å². The van der Waals surface area contributed by atoms with Crippen LogP contribution in [0.3, 0.4) is 0 Å². The molecule has 0 saturated carbocycles. The molecule has 0 spiro atoms. The molecular formula is C6H7N5O. The Balaban J connectivity index is 2.83. The first kappa shape index (κ1) is 6.84. The zero-order chi connectivity index (χ0) is 8.55. The molecule has 2 aromatic heterocycles. The molecule has 2 aromatic rings. The third kappa shape index (κ3) is 0.849. The Labute approximate surface area is 67.0 Å². The van der Waals surface area contributed by atoms with Crippen LogP contribution in [0, 0.1) is 0 Å². The fraction of sp³-hybridized carbons (Fsp3) is 0.167. The van der Waals surface area contributed by atoms with Crippen LogP contribution in [0.15, 0.2) is 11.0 Å². The SMILES string of the molecule is CNc1nc2c(=O)[nH]ncc2[nH]1. The Bertz CT molecular complexity index is 456. The van der Waals surface area contributed by atoms with Crippen molar-refractivity contribution in [1.29, 1.82) is 0 Å². The Hall–Kier alpha value is -1.85. The molecule has 0 aliphatic heterocycles. The molecule has 6 nitrogen and oxygen atoms in total. The number of aromatic nitrogens is 4. The quantitative estimate of drug-likeness (QED) is 0.541. The number of nitrogens with zero attached hydrogens (tertiary/aromatic N) is 2. The lowest BCUT2D eigenvalue weighted by atomic mass is 10.5. The maximum atomic E-state index is 11.1. The molecule has 0 radical (unpaired) electrons. The van der Waals surface area contributed by atoms with Crippen molar-refractivity contribution in [2.24, 2.45) is 0 Å². The number of imidazole rings is 1. The van der Waals surface area contributed by atoms with E-state index in [1.54, 1.807) is 7.05 Å². The maximum absolute atomic E-state index is 11.1. The largest absolute Gasteiger partial charge is 0.359 e. The van der Waals surface area contributed by atoms with Crippen LogP contribution < -0.4 is 10.9 Å². The summed E-state index contributed by atoms with van der Waals surface area (Å²) in [6, 6.07) is 0. The van der Waals surface area contributed by atoms with Crippen LogP contribution in [0.5, 0.6) is 0 Å². The minimum Gasteiger partial charge on any atom is -0.359 e. The van der Waals surface area contributed by atoms with Gasteiger partial charge in [-0.05, 0) is 0 Å². The molecule has 0 fully saturated rings. The van der Waals surface area contributed by atoms with E-state index in [0.717, 1.165) is 0 Å². The predicted octanol–water partition coefficient (Wildman–Crippen LogP) is -0.312. The predicted molar refractivity (Wildman–Crippen MR) is 44.1 cm³/mol. The number of rotatable bonds is 1. The van der Waals surface area contributed by atoms with Gasteiger partial charge in [-0.1, -0.05) is 0 Å². The Morgan fingerprint density at radius 1 is 1.58 bits per heavy atom. The smallest absolute Gasteiger partial charge is 0.292 e. The average Bonchev–Trinajstić information content (AvgIpc) is 2.49. The molecule has 0 unspecified atom stereocenters. The number of anilines is 1. The minimum atomic E-state index is -0.287. The number of nitrogens with one attached hydrogen (secondary N) is 3. The summed E-state index contributed by atoms with van der Waals surface area (Å²) in [5.74, 6) is 0.559. The van der Waals surface area contributed by atoms with Crippen LogP contribution in [0.2, 0.25) is 0 Å². The van der Waals surface area contributed by atoms with Gasteiger partial charge in [-0.15, -0.1) is 0 Å². The first-order chi connectivity index (χ1) is 5.81. The minimum absolute atomic E-state index is 0.287. The normalized spacial score (nSPS) is 10.4. The fourth-order valence-corrected chi connectivity index (χ4v) is 0.980. The summed E-state index contributed by atoms with van der Waals surface area (Å²) in [4.78, 5) is 17.9. The van der Waals surface area contributed by atoms with E-state index in [4.69, 9.17) is 0 Å². The van der Waals surface area contributed by atoms with Gasteiger partial charge in [0.15, 0.2) is 5.52 Å². The van der Waals surface area contributed by atoms with Crippen LogP contribution in [0.25, 0.3) is 11.0 Å². The van der Waals surface area contributed by atoms with Crippen molar-refractivity contribution < 1.29 is 0 Å². The van der Waals surface area contributed by atoms with Crippen LogP contribution in [0.1, 0.15) is 0 Å². The molecular weight excluding hydrogens is 158 g/mol. The van der Waals surface area contributed by atoms with E-state index in [-0.39, 0.29) is 5.56 Å². The summed E-state index contributed by atoms with van der Waals surface area (Å²) < 4.78 is 0. The van der Waals surface area contributed by atoms with Crippen LogP contribution in [0.4, 0.5) is 5.95 Å². The third-order valence-corrected chi connectivity index (χ3v) is 1.54. The topological polar surface area (TPSA) is 86.5 Å². The van der Waals surface area contributed by atoms with E-state index in [1.165, 1.54) is 6.20 Å². The van der Waals surface area contributed by atoms with E-state index < -0.39 is 0 Å². The van der Waals surface area contributed by atoms with Crippen molar-refractivity contribution in [3.8, 4) is 0 Å². The van der Waals surface area contributed by atoms with Gasteiger partial charge >= 0.3 is 0 Å². The molecule has 0 atom stereocenters. The summed E-state index contributed by atoms with van der Waals surface area (Å²) in [5, 5.41) is 8.72. The van der Waals surface area contributed by atoms with E-state index in [0.29, 0.717) is 17.0 Å². The van der Waals surface area contributed by atoms with Crippen molar-refractivity contribution in [3.63, 3.8) is 0 Å². The Kier molecular flexibility index (Phi) is 1.33. The number of hydrogen-bond acceptors (Lipinski definition) is 4. The Morgan fingerprint density at radius 2 is 2.42 bits per heavy atom. The van der Waals surface area contributed by atoms with Gasteiger partial charge in [-0.25, -0.2) is 10.1 Å². The first-order valence-corrected chi connectivity index (χ1v) is 3.42. The number of aromatic amines is 2. The molecule has 62 valence electrons. The molecule has 0 saturated heterocycles. The monoisotopic (exact) mass is 165 g/mol. The zero-order valence-electron chi connectivity index (χ0n) is 6.38.